The molecule has 2 aromatic heterocycles. The Bertz CT molecular complexity index is 1480. The summed E-state index contributed by atoms with van der Waals surface area (Å²) >= 11 is 0. The van der Waals surface area contributed by atoms with Gasteiger partial charge in [-0.3, -0.25) is 4.79 Å². The van der Waals surface area contributed by atoms with Gasteiger partial charge in [-0.15, -0.1) is 5.10 Å². The summed E-state index contributed by atoms with van der Waals surface area (Å²) < 4.78 is 65.2. The van der Waals surface area contributed by atoms with Gasteiger partial charge in [0.15, 0.2) is 5.75 Å². The highest BCUT2D eigenvalue weighted by Gasteiger charge is 2.42. The van der Waals surface area contributed by atoms with Gasteiger partial charge in [0.25, 0.3) is 11.8 Å². The Kier molecular flexibility index (Phi) is 6.66. The molecule has 2 atom stereocenters. The summed E-state index contributed by atoms with van der Waals surface area (Å²) in [5.41, 5.74) is 1.24. The van der Waals surface area contributed by atoms with Crippen LogP contribution in [0.25, 0.3) is 16.6 Å². The molecule has 0 spiro atoms. The number of rotatable bonds is 5. The lowest BCUT2D eigenvalue weighted by Crippen LogP contribution is -2.50. The predicted octanol–water partition coefficient (Wildman–Crippen LogP) is 3.91. The van der Waals surface area contributed by atoms with E-state index < -0.39 is 42.0 Å². The van der Waals surface area contributed by atoms with Crippen LogP contribution in [0.2, 0.25) is 0 Å². The number of halogens is 4. The molecule has 1 fully saturated rings. The van der Waals surface area contributed by atoms with Crippen LogP contribution in [0.5, 0.6) is 11.6 Å². The molecule has 5 rings (SSSR count). The maximum atomic E-state index is 14.9. The second-order valence-electron chi connectivity index (χ2n) is 8.48. The fourth-order valence-electron chi connectivity index (χ4n) is 4.03. The number of ether oxygens (including phenoxy) is 2. The first kappa shape index (κ1) is 25.1. The van der Waals surface area contributed by atoms with Crippen molar-refractivity contribution in [3.63, 3.8) is 0 Å². The third-order valence-corrected chi connectivity index (χ3v) is 5.90. The van der Waals surface area contributed by atoms with Crippen LogP contribution in [0.3, 0.4) is 0 Å². The van der Waals surface area contributed by atoms with Crippen molar-refractivity contribution >= 4 is 22.8 Å². The zero-order valence-electron chi connectivity index (χ0n) is 19.5. The van der Waals surface area contributed by atoms with E-state index in [1.54, 1.807) is 54.7 Å². The smallest absolute Gasteiger partial charge is 0.467 e. The van der Waals surface area contributed by atoms with Crippen LogP contribution < -0.4 is 9.47 Å². The summed E-state index contributed by atoms with van der Waals surface area (Å²) in [4.78, 5) is 30.3. The molecule has 0 unspecified atom stereocenters. The minimum Gasteiger partial charge on any atom is -0.467 e. The molecule has 13 heteroatoms. The number of alkyl halides is 4. The van der Waals surface area contributed by atoms with Gasteiger partial charge in [-0.2, -0.15) is 13.2 Å². The number of nitrogens with zero attached hydrogens (tertiary/aromatic N) is 5. The Morgan fingerprint density at radius 1 is 1.05 bits per heavy atom. The topological polar surface area (TPSA) is 99.4 Å². The average molecular weight is 529 g/mol. The predicted molar refractivity (Wildman–Crippen MR) is 125 cm³/mol. The summed E-state index contributed by atoms with van der Waals surface area (Å²) in [5, 5.41) is 8.01. The van der Waals surface area contributed by atoms with Gasteiger partial charge >= 0.3 is 12.1 Å². The summed E-state index contributed by atoms with van der Waals surface area (Å²) in [6.45, 7) is -0.122. The minimum atomic E-state index is -5.26. The zero-order chi connectivity index (χ0) is 26.9. The van der Waals surface area contributed by atoms with E-state index in [-0.39, 0.29) is 19.5 Å². The molecule has 0 N–H and O–H groups in total. The van der Waals surface area contributed by atoms with Crippen molar-refractivity contribution in [2.75, 3.05) is 13.1 Å². The first-order valence-electron chi connectivity index (χ1n) is 11.4. The van der Waals surface area contributed by atoms with Gasteiger partial charge in [-0.1, -0.05) is 29.5 Å². The van der Waals surface area contributed by atoms with Crippen LogP contribution in [0.1, 0.15) is 16.8 Å². The van der Waals surface area contributed by atoms with Crippen LogP contribution in [0.15, 0.2) is 67.0 Å². The third-order valence-electron chi connectivity index (χ3n) is 5.90. The van der Waals surface area contributed by atoms with Crippen molar-refractivity contribution in [2.45, 2.75) is 24.9 Å². The molecular formula is C25H19F4N5O4. The monoisotopic (exact) mass is 529 g/mol. The lowest BCUT2D eigenvalue weighted by Gasteiger charge is -2.35. The first-order chi connectivity index (χ1) is 18.2. The van der Waals surface area contributed by atoms with Crippen molar-refractivity contribution in [2.24, 2.45) is 0 Å². The SMILES string of the molecule is O=C(c1cccc(-n2ccnn2)c1)N1CC[C@@H](F)[C@@H](Oc2nc3ccccc3cc2OC(=O)C(F)(F)F)C1. The molecule has 0 radical (unpaired) electrons. The van der Waals surface area contributed by atoms with Gasteiger partial charge in [0.2, 0.25) is 0 Å². The van der Waals surface area contributed by atoms with Crippen molar-refractivity contribution in [3.05, 3.63) is 72.6 Å². The number of amides is 1. The van der Waals surface area contributed by atoms with Gasteiger partial charge in [0, 0.05) is 17.5 Å². The van der Waals surface area contributed by atoms with Crippen LogP contribution in [0, 0.1) is 0 Å². The second kappa shape index (κ2) is 10.1. The lowest BCUT2D eigenvalue weighted by molar-refractivity contribution is -0.189. The molecule has 0 aliphatic carbocycles. The number of pyridine rings is 1. The average Bonchev–Trinajstić information content (AvgIpc) is 3.44. The first-order valence-corrected chi connectivity index (χ1v) is 11.4. The van der Waals surface area contributed by atoms with Crippen molar-refractivity contribution in [3.8, 4) is 17.3 Å². The number of piperidine rings is 1. The fraction of sp³-hybridized carbons (Fsp3) is 0.240. The van der Waals surface area contributed by atoms with E-state index in [0.29, 0.717) is 22.2 Å². The summed E-state index contributed by atoms with van der Waals surface area (Å²) in [5.74, 6) is -3.97. The molecule has 4 aromatic rings. The number of para-hydroxylation sites is 1. The van der Waals surface area contributed by atoms with E-state index in [1.165, 1.54) is 15.8 Å². The van der Waals surface area contributed by atoms with E-state index in [2.05, 4.69) is 20.0 Å². The quantitative estimate of drug-likeness (QED) is 0.286. The number of benzene rings is 2. The number of carbonyl (C=O) groups excluding carboxylic acids is 2. The Morgan fingerprint density at radius 3 is 2.63 bits per heavy atom. The molecule has 196 valence electrons. The van der Waals surface area contributed by atoms with E-state index in [9.17, 15) is 27.2 Å². The number of carbonyl (C=O) groups is 2. The van der Waals surface area contributed by atoms with E-state index in [0.717, 1.165) is 6.07 Å². The molecule has 1 aliphatic rings. The molecule has 0 bridgehead atoms. The Labute approximate surface area is 212 Å². The third kappa shape index (κ3) is 5.26. The maximum absolute atomic E-state index is 14.9. The highest BCUT2D eigenvalue weighted by Crippen LogP contribution is 2.33. The van der Waals surface area contributed by atoms with Gasteiger partial charge in [0.1, 0.15) is 12.3 Å². The largest absolute Gasteiger partial charge is 0.491 e. The molecular weight excluding hydrogens is 510 g/mol. The highest BCUT2D eigenvalue weighted by atomic mass is 19.4. The fourth-order valence-corrected chi connectivity index (χ4v) is 4.03. The Balaban J connectivity index is 1.39. The molecule has 9 nitrogen and oxygen atoms in total. The number of hydrogen-bond acceptors (Lipinski definition) is 7. The summed E-state index contributed by atoms with van der Waals surface area (Å²) in [6, 6.07) is 14.2. The van der Waals surface area contributed by atoms with E-state index in [4.69, 9.17) is 4.74 Å². The van der Waals surface area contributed by atoms with Crippen molar-refractivity contribution in [1.29, 1.82) is 0 Å². The lowest BCUT2D eigenvalue weighted by atomic mass is 10.0. The van der Waals surface area contributed by atoms with E-state index in [1.807, 2.05) is 0 Å². The Hall–Kier alpha value is -4.55. The van der Waals surface area contributed by atoms with Crippen LogP contribution >= 0.6 is 0 Å². The molecule has 0 saturated carbocycles. The standard InChI is InChI=1S/C25H19F4N5O4/c26-18-8-10-33(23(35)16-5-3-6-17(12-16)34-11-9-30-32-34)14-21(18)37-22-20(38-24(36)25(27,28)29)13-15-4-1-2-7-19(15)31-22/h1-7,9,11-13,18,21H,8,10,14H2/t18-,21+/m1/s1. The normalized spacial score (nSPS) is 17.8. The van der Waals surface area contributed by atoms with E-state index >= 15 is 0 Å². The molecule has 2 aromatic carbocycles. The maximum Gasteiger partial charge on any atom is 0.491 e. The second-order valence-corrected chi connectivity index (χ2v) is 8.48. The van der Waals surface area contributed by atoms with Gasteiger partial charge < -0.3 is 14.4 Å². The number of aromatic nitrogens is 4. The van der Waals surface area contributed by atoms with Crippen LogP contribution in [-0.2, 0) is 4.79 Å². The number of likely N-dealkylation sites (tertiary alicyclic amines) is 1. The molecule has 1 saturated heterocycles. The minimum absolute atomic E-state index is 0.0789. The molecule has 1 amide bonds. The Morgan fingerprint density at radius 2 is 1.87 bits per heavy atom. The zero-order valence-corrected chi connectivity index (χ0v) is 19.5. The van der Waals surface area contributed by atoms with Gasteiger partial charge in [-0.05, 0) is 36.8 Å². The molecule has 3 heterocycles. The highest BCUT2D eigenvalue weighted by molar-refractivity contribution is 5.95. The number of fused-ring (bicyclic) bond motifs is 1. The number of hydrogen-bond donors (Lipinski definition) is 0. The van der Waals surface area contributed by atoms with Gasteiger partial charge in [0.05, 0.1) is 30.1 Å². The molecule has 1 aliphatic heterocycles. The summed E-state index contributed by atoms with van der Waals surface area (Å²) in [7, 11) is 0. The number of esters is 1. The van der Waals surface area contributed by atoms with Crippen molar-refractivity contribution < 1.29 is 36.6 Å². The van der Waals surface area contributed by atoms with Crippen molar-refractivity contribution in [1.82, 2.24) is 24.9 Å². The van der Waals surface area contributed by atoms with Crippen LogP contribution in [0.4, 0.5) is 17.6 Å². The van der Waals surface area contributed by atoms with Gasteiger partial charge in [-0.25, -0.2) is 18.9 Å². The summed E-state index contributed by atoms with van der Waals surface area (Å²) in [6.07, 6.45) is -5.07. The molecule has 38 heavy (non-hydrogen) atoms. The van der Waals surface area contributed by atoms with Crippen LogP contribution in [-0.4, -0.2) is 68.3 Å².